The lowest BCUT2D eigenvalue weighted by Gasteiger charge is -2.33. The third-order valence-electron chi connectivity index (χ3n) is 6.11. The predicted molar refractivity (Wildman–Crippen MR) is 122 cm³/mol. The summed E-state index contributed by atoms with van der Waals surface area (Å²) in [6, 6.07) is 5.95. The Morgan fingerprint density at radius 3 is 2.44 bits per heavy atom. The minimum atomic E-state index is -5.10. The molecular formula is C23H21F5N4O6S. The van der Waals surface area contributed by atoms with Gasteiger partial charge in [-0.1, -0.05) is 6.07 Å². The summed E-state index contributed by atoms with van der Waals surface area (Å²) in [6.07, 6.45) is -8.92. The van der Waals surface area contributed by atoms with Crippen LogP contribution in [0.2, 0.25) is 0 Å². The summed E-state index contributed by atoms with van der Waals surface area (Å²) in [4.78, 5) is 17.6. The molecule has 0 unspecified atom stereocenters. The van der Waals surface area contributed by atoms with Crippen molar-refractivity contribution >= 4 is 15.9 Å². The molecule has 2 aliphatic rings. The smallest absolute Gasteiger partial charge is 0.472 e. The summed E-state index contributed by atoms with van der Waals surface area (Å²) in [7, 11) is -0.874. The Kier molecular flexibility index (Phi) is 7.34. The number of alkyl halides is 5. The minimum Gasteiger partial charge on any atom is -0.472 e. The number of pyridine rings is 1. The first kappa shape index (κ1) is 28.3. The standard InChI is InChI=1S/C23H21F5N4O6S/c1-31(2)39(34,35)15-5-7-32(8-6-15)21(33)16-10-14(11-29)20(30-19(16)22(24,25)26)36-12-13-3-4-17-18(9-13)38-23(27,28)37-17/h3-4,9-10,15H,5-8,12H2,1-2H3. The maximum atomic E-state index is 13.9. The lowest BCUT2D eigenvalue weighted by atomic mass is 10.1. The number of halogens is 5. The van der Waals surface area contributed by atoms with Crippen LogP contribution in [0, 0.1) is 11.3 Å². The fraction of sp³-hybridized carbons (Fsp3) is 0.435. The molecular weight excluding hydrogens is 555 g/mol. The SMILES string of the molecule is CN(C)S(=O)(=O)C1CCN(C(=O)c2cc(C#N)c(OCc3ccc4c(c3)OC(F)(F)O4)nc2C(F)(F)F)CC1. The van der Waals surface area contributed by atoms with Crippen LogP contribution in [0.4, 0.5) is 22.0 Å². The molecule has 1 saturated heterocycles. The molecule has 1 aromatic carbocycles. The number of aromatic nitrogens is 1. The van der Waals surface area contributed by atoms with Crippen LogP contribution >= 0.6 is 0 Å². The highest BCUT2D eigenvalue weighted by Gasteiger charge is 2.44. The zero-order valence-corrected chi connectivity index (χ0v) is 21.3. The van der Waals surface area contributed by atoms with Gasteiger partial charge in [0.15, 0.2) is 17.2 Å². The first-order valence-corrected chi connectivity index (χ1v) is 12.9. The molecule has 0 bridgehead atoms. The topological polar surface area (TPSA) is 122 Å². The number of piperidine rings is 1. The second kappa shape index (κ2) is 10.1. The highest BCUT2D eigenvalue weighted by molar-refractivity contribution is 7.89. The predicted octanol–water partition coefficient (Wildman–Crippen LogP) is 3.37. The van der Waals surface area contributed by atoms with E-state index in [-0.39, 0.29) is 43.0 Å². The van der Waals surface area contributed by atoms with E-state index in [1.807, 2.05) is 0 Å². The summed E-state index contributed by atoms with van der Waals surface area (Å²) in [5, 5.41) is 8.73. The van der Waals surface area contributed by atoms with E-state index in [2.05, 4.69) is 14.5 Å². The monoisotopic (exact) mass is 576 g/mol. The van der Waals surface area contributed by atoms with Crippen LogP contribution in [0.15, 0.2) is 24.3 Å². The molecule has 0 saturated carbocycles. The number of ether oxygens (including phenoxy) is 3. The van der Waals surface area contributed by atoms with Gasteiger partial charge in [0, 0.05) is 27.2 Å². The molecule has 0 radical (unpaired) electrons. The minimum absolute atomic E-state index is 0.0226. The van der Waals surface area contributed by atoms with Gasteiger partial charge in [-0.05, 0) is 36.6 Å². The van der Waals surface area contributed by atoms with E-state index in [0.29, 0.717) is 0 Å². The van der Waals surface area contributed by atoms with Crippen molar-refractivity contribution in [1.29, 1.82) is 5.26 Å². The third kappa shape index (κ3) is 5.83. The molecule has 0 aliphatic carbocycles. The van der Waals surface area contributed by atoms with Crippen molar-refractivity contribution in [3.05, 3.63) is 46.6 Å². The van der Waals surface area contributed by atoms with E-state index < -0.39 is 63.0 Å². The Morgan fingerprint density at radius 1 is 1.21 bits per heavy atom. The molecule has 0 N–H and O–H groups in total. The van der Waals surface area contributed by atoms with E-state index in [1.165, 1.54) is 20.2 Å². The maximum Gasteiger partial charge on any atom is 0.586 e. The number of hydrogen-bond donors (Lipinski definition) is 0. The van der Waals surface area contributed by atoms with Gasteiger partial charge in [0.05, 0.1) is 10.8 Å². The Labute approximate surface area is 219 Å². The molecule has 0 atom stereocenters. The molecule has 1 amide bonds. The number of carbonyl (C=O) groups is 1. The molecule has 210 valence electrons. The van der Waals surface area contributed by atoms with E-state index in [1.54, 1.807) is 6.07 Å². The van der Waals surface area contributed by atoms with Crippen molar-refractivity contribution in [3.63, 3.8) is 0 Å². The van der Waals surface area contributed by atoms with Gasteiger partial charge in [-0.2, -0.15) is 18.4 Å². The van der Waals surface area contributed by atoms with Crippen molar-refractivity contribution < 1.29 is 49.4 Å². The van der Waals surface area contributed by atoms with Crippen molar-refractivity contribution in [2.45, 2.75) is 37.2 Å². The number of likely N-dealkylation sites (tertiary alicyclic amines) is 1. The second-order valence-corrected chi connectivity index (χ2v) is 11.3. The number of rotatable bonds is 6. The third-order valence-corrected chi connectivity index (χ3v) is 8.44. The highest BCUT2D eigenvalue weighted by Crippen LogP contribution is 2.41. The first-order valence-electron chi connectivity index (χ1n) is 11.4. The van der Waals surface area contributed by atoms with Crippen LogP contribution in [0.3, 0.4) is 0 Å². The largest absolute Gasteiger partial charge is 0.586 e. The molecule has 3 heterocycles. The summed E-state index contributed by atoms with van der Waals surface area (Å²) >= 11 is 0. The van der Waals surface area contributed by atoms with Crippen LogP contribution in [0.25, 0.3) is 0 Å². The second-order valence-electron chi connectivity index (χ2n) is 8.90. The number of amides is 1. The fourth-order valence-electron chi connectivity index (χ4n) is 4.13. The first-order chi connectivity index (χ1) is 18.1. The number of nitrogens with zero attached hydrogens (tertiary/aromatic N) is 4. The number of sulfonamides is 1. The van der Waals surface area contributed by atoms with Crippen molar-refractivity contribution in [1.82, 2.24) is 14.2 Å². The van der Waals surface area contributed by atoms with Gasteiger partial charge in [-0.3, -0.25) is 4.79 Å². The van der Waals surface area contributed by atoms with Gasteiger partial charge in [0.25, 0.3) is 5.91 Å². The van der Waals surface area contributed by atoms with Crippen LogP contribution in [-0.4, -0.2) is 67.2 Å². The quantitative estimate of drug-likeness (QED) is 0.480. The van der Waals surface area contributed by atoms with E-state index in [4.69, 9.17) is 4.74 Å². The van der Waals surface area contributed by atoms with E-state index in [0.717, 1.165) is 27.4 Å². The van der Waals surface area contributed by atoms with Gasteiger partial charge in [-0.15, -0.1) is 8.78 Å². The Balaban J connectivity index is 1.56. The molecule has 1 fully saturated rings. The normalized spacial score (nSPS) is 17.3. The van der Waals surface area contributed by atoms with Gasteiger partial charge in [0.2, 0.25) is 15.9 Å². The molecule has 39 heavy (non-hydrogen) atoms. The summed E-state index contributed by atoms with van der Waals surface area (Å²) in [5.41, 5.74) is -2.74. The zero-order valence-electron chi connectivity index (χ0n) is 20.5. The summed E-state index contributed by atoms with van der Waals surface area (Å²) in [6.45, 7) is -0.698. The van der Waals surface area contributed by atoms with E-state index in [9.17, 15) is 40.4 Å². The summed E-state index contributed by atoms with van der Waals surface area (Å²) < 4.78 is 108. The van der Waals surface area contributed by atoms with Crippen LogP contribution in [-0.2, 0) is 22.8 Å². The van der Waals surface area contributed by atoms with Crippen LogP contribution in [0.1, 0.15) is 40.0 Å². The van der Waals surface area contributed by atoms with E-state index >= 15 is 0 Å². The van der Waals surface area contributed by atoms with Gasteiger partial charge >= 0.3 is 12.5 Å². The number of hydrogen-bond acceptors (Lipinski definition) is 8. The van der Waals surface area contributed by atoms with Gasteiger partial charge < -0.3 is 19.1 Å². The van der Waals surface area contributed by atoms with Crippen LogP contribution < -0.4 is 14.2 Å². The lowest BCUT2D eigenvalue weighted by Crippen LogP contribution is -2.45. The molecule has 2 aliphatic heterocycles. The fourth-order valence-corrected chi connectivity index (χ4v) is 5.53. The molecule has 0 spiro atoms. The van der Waals surface area contributed by atoms with Gasteiger partial charge in [-0.25, -0.2) is 17.7 Å². The average molecular weight is 577 g/mol. The average Bonchev–Trinajstić information content (AvgIpc) is 3.18. The molecule has 10 nitrogen and oxygen atoms in total. The van der Waals surface area contributed by atoms with Crippen molar-refractivity contribution in [2.75, 3.05) is 27.2 Å². The van der Waals surface area contributed by atoms with Crippen molar-refractivity contribution in [3.8, 4) is 23.4 Å². The maximum absolute atomic E-state index is 13.9. The number of carbonyl (C=O) groups excluding carboxylic acids is 1. The molecule has 1 aromatic heterocycles. The Morgan fingerprint density at radius 2 is 1.85 bits per heavy atom. The highest BCUT2D eigenvalue weighted by atomic mass is 32.2. The number of benzene rings is 1. The zero-order chi connectivity index (χ0) is 28.8. The Bertz CT molecular complexity index is 1430. The Hall–Kier alpha value is -3.71. The lowest BCUT2D eigenvalue weighted by molar-refractivity contribution is -0.286. The number of nitriles is 1. The molecule has 2 aromatic rings. The summed E-state index contributed by atoms with van der Waals surface area (Å²) in [5.74, 6) is -2.34. The molecule has 16 heteroatoms. The number of fused-ring (bicyclic) bond motifs is 1. The van der Waals surface area contributed by atoms with Crippen LogP contribution in [0.5, 0.6) is 17.4 Å². The van der Waals surface area contributed by atoms with Gasteiger partial charge in [0.1, 0.15) is 18.2 Å². The molecule has 4 rings (SSSR count). The van der Waals surface area contributed by atoms with Crippen molar-refractivity contribution in [2.24, 2.45) is 0 Å².